The Labute approximate surface area is 93.7 Å². The van der Waals surface area contributed by atoms with Gasteiger partial charge >= 0.3 is 0 Å². The summed E-state index contributed by atoms with van der Waals surface area (Å²) in [6.07, 6.45) is 7.92. The summed E-state index contributed by atoms with van der Waals surface area (Å²) in [6.45, 7) is 4.16. The molecule has 2 N–H and O–H groups in total. The summed E-state index contributed by atoms with van der Waals surface area (Å²) in [4.78, 5) is 8.25. The van der Waals surface area contributed by atoms with E-state index in [9.17, 15) is 0 Å². The summed E-state index contributed by atoms with van der Waals surface area (Å²) in [5.41, 5.74) is 6.49. The Bertz CT molecular complexity index is 563. The van der Waals surface area contributed by atoms with Crippen LogP contribution >= 0.6 is 0 Å². The number of anilines is 1. The molecule has 0 amide bonds. The topological polar surface area (TPSA) is 69.6 Å². The van der Waals surface area contributed by atoms with Crippen LogP contribution in [0.25, 0.3) is 11.0 Å². The Kier molecular flexibility index (Phi) is 2.49. The predicted molar refractivity (Wildman–Crippen MR) is 62.7 cm³/mol. The van der Waals surface area contributed by atoms with Gasteiger partial charge in [0.2, 0.25) is 5.82 Å². The number of hydrogen-bond donors (Lipinski definition) is 1. The Morgan fingerprint density at radius 3 is 2.94 bits per heavy atom. The zero-order valence-corrected chi connectivity index (χ0v) is 9.31. The third-order valence-electron chi connectivity index (χ3n) is 2.62. The van der Waals surface area contributed by atoms with Gasteiger partial charge in [-0.1, -0.05) is 6.92 Å². The Balaban J connectivity index is 2.71. The molecule has 0 spiro atoms. The second-order valence-corrected chi connectivity index (χ2v) is 3.66. The number of rotatable bonds is 2. The highest BCUT2D eigenvalue weighted by molar-refractivity contribution is 5.85. The largest absolute Gasteiger partial charge is 0.383 e. The molecule has 2 rings (SSSR count). The van der Waals surface area contributed by atoms with E-state index in [0.717, 1.165) is 11.8 Å². The van der Waals surface area contributed by atoms with E-state index in [1.54, 1.807) is 6.20 Å². The number of nitrogens with two attached hydrogens (primary N) is 1. The van der Waals surface area contributed by atoms with Crippen molar-refractivity contribution in [1.82, 2.24) is 19.7 Å². The molecular formula is C11H13N5. The van der Waals surface area contributed by atoms with Gasteiger partial charge in [-0.25, -0.2) is 14.6 Å². The summed E-state index contributed by atoms with van der Waals surface area (Å²) < 4.78 is 1.83. The van der Waals surface area contributed by atoms with E-state index in [1.807, 2.05) is 4.68 Å². The van der Waals surface area contributed by atoms with E-state index in [2.05, 4.69) is 34.8 Å². The number of terminal acetylenes is 1. The fourth-order valence-electron chi connectivity index (χ4n) is 1.51. The van der Waals surface area contributed by atoms with Gasteiger partial charge < -0.3 is 5.73 Å². The van der Waals surface area contributed by atoms with Crippen molar-refractivity contribution in [2.45, 2.75) is 26.3 Å². The van der Waals surface area contributed by atoms with Gasteiger partial charge in [0.25, 0.3) is 0 Å². The summed E-state index contributed by atoms with van der Waals surface area (Å²) >= 11 is 0. The second kappa shape index (κ2) is 3.81. The molecule has 2 heterocycles. The van der Waals surface area contributed by atoms with Gasteiger partial charge in [-0.3, -0.25) is 0 Å². The molecule has 2 aromatic heterocycles. The molecule has 2 aromatic rings. The highest BCUT2D eigenvalue weighted by atomic mass is 15.3. The molecule has 0 saturated carbocycles. The molecule has 0 aliphatic heterocycles. The van der Waals surface area contributed by atoms with E-state index in [0.29, 0.717) is 17.3 Å². The lowest BCUT2D eigenvalue weighted by atomic mass is 10.2. The lowest BCUT2D eigenvalue weighted by Gasteiger charge is -2.09. The van der Waals surface area contributed by atoms with Crippen LogP contribution in [0.1, 0.15) is 32.1 Å². The van der Waals surface area contributed by atoms with Crippen molar-refractivity contribution < 1.29 is 0 Å². The monoisotopic (exact) mass is 215 g/mol. The van der Waals surface area contributed by atoms with E-state index < -0.39 is 0 Å². The van der Waals surface area contributed by atoms with Gasteiger partial charge in [-0.05, 0) is 19.3 Å². The van der Waals surface area contributed by atoms with E-state index >= 15 is 0 Å². The molecule has 0 radical (unpaired) electrons. The van der Waals surface area contributed by atoms with Gasteiger partial charge in [0, 0.05) is 0 Å². The van der Waals surface area contributed by atoms with Crippen LogP contribution in [0, 0.1) is 12.3 Å². The van der Waals surface area contributed by atoms with Gasteiger partial charge in [0.15, 0.2) is 5.65 Å². The average molecular weight is 215 g/mol. The lowest BCUT2D eigenvalue weighted by molar-refractivity contribution is 0.489. The summed E-state index contributed by atoms with van der Waals surface area (Å²) in [7, 11) is 0. The first-order valence-corrected chi connectivity index (χ1v) is 5.14. The average Bonchev–Trinajstić information content (AvgIpc) is 2.72. The smallest absolute Gasteiger partial charge is 0.208 e. The number of nitrogen functional groups attached to an aromatic ring is 1. The number of aromatic nitrogens is 4. The molecule has 5 nitrogen and oxygen atoms in total. The normalized spacial score (nSPS) is 12.6. The first-order valence-electron chi connectivity index (χ1n) is 5.14. The first-order chi connectivity index (χ1) is 7.67. The van der Waals surface area contributed by atoms with Crippen molar-refractivity contribution in [2.75, 3.05) is 5.73 Å². The van der Waals surface area contributed by atoms with E-state index in [1.165, 1.54) is 0 Å². The molecule has 1 atom stereocenters. The van der Waals surface area contributed by atoms with Gasteiger partial charge in [-0.2, -0.15) is 5.10 Å². The summed E-state index contributed by atoms with van der Waals surface area (Å²) in [5, 5.41) is 5.02. The minimum Gasteiger partial charge on any atom is -0.383 e. The predicted octanol–water partition coefficient (Wildman–Crippen LogP) is 1.36. The Morgan fingerprint density at radius 2 is 2.31 bits per heavy atom. The van der Waals surface area contributed by atoms with Crippen LogP contribution < -0.4 is 5.73 Å². The molecule has 5 heteroatoms. The lowest BCUT2D eigenvalue weighted by Crippen LogP contribution is -2.07. The fourth-order valence-corrected chi connectivity index (χ4v) is 1.51. The van der Waals surface area contributed by atoms with Gasteiger partial charge in [0.05, 0.1) is 17.6 Å². The third kappa shape index (κ3) is 1.48. The molecule has 0 bridgehead atoms. The van der Waals surface area contributed by atoms with Crippen LogP contribution in [-0.2, 0) is 0 Å². The van der Waals surface area contributed by atoms with Crippen molar-refractivity contribution in [1.29, 1.82) is 0 Å². The fraction of sp³-hybridized carbons (Fsp3) is 0.364. The van der Waals surface area contributed by atoms with Crippen molar-refractivity contribution >= 4 is 16.9 Å². The van der Waals surface area contributed by atoms with Crippen LogP contribution in [0.15, 0.2) is 6.20 Å². The summed E-state index contributed by atoms with van der Waals surface area (Å²) in [5.74, 6) is 3.07. The van der Waals surface area contributed by atoms with Gasteiger partial charge in [0.1, 0.15) is 5.82 Å². The summed E-state index contributed by atoms with van der Waals surface area (Å²) in [6, 6.07) is 0.262. The SMILES string of the molecule is C#Cc1nc(N)c2cnn([C@@H](C)CC)c2n1. The second-order valence-electron chi connectivity index (χ2n) is 3.66. The minimum atomic E-state index is 0.262. The van der Waals surface area contributed by atoms with Crippen molar-refractivity contribution in [3.63, 3.8) is 0 Å². The Hall–Kier alpha value is -2.09. The van der Waals surface area contributed by atoms with Crippen LogP contribution in [0.4, 0.5) is 5.82 Å². The van der Waals surface area contributed by atoms with Crippen LogP contribution in [0.3, 0.4) is 0 Å². The maximum absolute atomic E-state index is 5.79. The Morgan fingerprint density at radius 1 is 1.56 bits per heavy atom. The highest BCUT2D eigenvalue weighted by Gasteiger charge is 2.13. The number of nitrogens with zero attached hydrogens (tertiary/aromatic N) is 4. The number of hydrogen-bond acceptors (Lipinski definition) is 4. The minimum absolute atomic E-state index is 0.262. The van der Waals surface area contributed by atoms with Crippen LogP contribution in [0.2, 0.25) is 0 Å². The molecule has 0 saturated heterocycles. The van der Waals surface area contributed by atoms with Crippen molar-refractivity contribution in [2.24, 2.45) is 0 Å². The molecule has 0 aliphatic carbocycles. The first kappa shape index (κ1) is 10.4. The zero-order valence-electron chi connectivity index (χ0n) is 9.31. The molecule has 0 aliphatic rings. The van der Waals surface area contributed by atoms with Gasteiger partial charge in [-0.15, -0.1) is 6.42 Å². The molecule has 0 unspecified atom stereocenters. The van der Waals surface area contributed by atoms with E-state index in [-0.39, 0.29) is 6.04 Å². The highest BCUT2D eigenvalue weighted by Crippen LogP contribution is 2.21. The third-order valence-corrected chi connectivity index (χ3v) is 2.62. The van der Waals surface area contributed by atoms with Crippen molar-refractivity contribution in [3.8, 4) is 12.3 Å². The standard InChI is InChI=1S/C11H13N5/c1-4-7(3)16-11-8(6-13-16)10(12)14-9(5-2)15-11/h2,6-7H,4H2,1,3H3,(H2,12,14,15)/t7-/m0/s1. The maximum atomic E-state index is 5.79. The molecule has 0 fully saturated rings. The maximum Gasteiger partial charge on any atom is 0.208 e. The molecule has 0 aromatic carbocycles. The van der Waals surface area contributed by atoms with Crippen molar-refractivity contribution in [3.05, 3.63) is 12.0 Å². The zero-order chi connectivity index (χ0) is 11.7. The molecule has 82 valence electrons. The van der Waals surface area contributed by atoms with Crippen LogP contribution in [0.5, 0.6) is 0 Å². The van der Waals surface area contributed by atoms with E-state index in [4.69, 9.17) is 12.2 Å². The number of fused-ring (bicyclic) bond motifs is 1. The van der Waals surface area contributed by atoms with Crippen LogP contribution in [-0.4, -0.2) is 19.7 Å². The molecule has 16 heavy (non-hydrogen) atoms. The quantitative estimate of drug-likeness (QED) is 0.768. The molecular weight excluding hydrogens is 202 g/mol.